The number of thiocarbonyl (C=S) groups is 1. The lowest BCUT2D eigenvalue weighted by molar-refractivity contribution is -0.127. The zero-order chi connectivity index (χ0) is 19.2. The Labute approximate surface area is 168 Å². The normalized spacial score (nSPS) is 30.8. The molecule has 5 nitrogen and oxygen atoms in total. The van der Waals surface area contributed by atoms with E-state index >= 15 is 0 Å². The maximum Gasteiger partial charge on any atom is 0.337 e. The van der Waals surface area contributed by atoms with Gasteiger partial charge in [-0.25, -0.2) is 4.79 Å². The van der Waals surface area contributed by atoms with Crippen LogP contribution >= 0.6 is 23.8 Å². The molecule has 1 amide bonds. The first-order valence-corrected chi connectivity index (χ1v) is 10.2. The predicted molar refractivity (Wildman–Crippen MR) is 108 cm³/mol. The highest BCUT2D eigenvalue weighted by Gasteiger charge is 2.51. The second-order valence-electron chi connectivity index (χ2n) is 8.60. The third-order valence-corrected chi connectivity index (χ3v) is 6.93. The Morgan fingerprint density at radius 3 is 2.26 bits per heavy atom. The molecule has 4 aliphatic rings. The van der Waals surface area contributed by atoms with Crippen LogP contribution in [0.2, 0.25) is 5.02 Å². The number of amides is 1. The number of halogens is 1. The summed E-state index contributed by atoms with van der Waals surface area (Å²) >= 11 is 11.2. The van der Waals surface area contributed by atoms with Crippen molar-refractivity contribution >= 4 is 46.5 Å². The first kappa shape index (κ1) is 18.7. The molecule has 4 fully saturated rings. The monoisotopic (exact) mass is 406 g/mol. The van der Waals surface area contributed by atoms with Gasteiger partial charge in [-0.3, -0.25) is 4.79 Å². The highest BCUT2D eigenvalue weighted by Crippen LogP contribution is 2.61. The number of hydrogen-bond donors (Lipinski definition) is 3. The van der Waals surface area contributed by atoms with Crippen molar-refractivity contribution < 1.29 is 14.7 Å². The Bertz CT molecular complexity index is 775. The number of benzene rings is 1. The second-order valence-corrected chi connectivity index (χ2v) is 9.41. The summed E-state index contributed by atoms with van der Waals surface area (Å²) in [5, 5.41) is 15.0. The number of carboxylic acid groups (broad SMARTS) is 1. The van der Waals surface area contributed by atoms with E-state index in [1.54, 1.807) is 6.07 Å². The lowest BCUT2D eigenvalue weighted by atomic mass is 9.49. The largest absolute Gasteiger partial charge is 0.478 e. The van der Waals surface area contributed by atoms with Gasteiger partial charge in [-0.15, -0.1) is 0 Å². The van der Waals surface area contributed by atoms with Crippen molar-refractivity contribution in [1.29, 1.82) is 0 Å². The van der Waals surface area contributed by atoms with Gasteiger partial charge in [0.2, 0.25) is 5.91 Å². The zero-order valence-corrected chi connectivity index (χ0v) is 16.5. The molecule has 0 heterocycles. The summed E-state index contributed by atoms with van der Waals surface area (Å²) in [6.07, 6.45) is 8.14. The number of aromatic carboxylic acids is 1. The molecule has 0 spiro atoms. The third kappa shape index (κ3) is 3.97. The van der Waals surface area contributed by atoms with E-state index in [0.29, 0.717) is 12.1 Å². The van der Waals surface area contributed by atoms with Crippen molar-refractivity contribution in [3.05, 3.63) is 28.8 Å². The quantitative estimate of drug-likeness (QED) is 0.643. The highest BCUT2D eigenvalue weighted by molar-refractivity contribution is 7.80. The van der Waals surface area contributed by atoms with Gasteiger partial charge >= 0.3 is 5.97 Å². The molecule has 7 heteroatoms. The Hall–Kier alpha value is -1.66. The van der Waals surface area contributed by atoms with E-state index < -0.39 is 5.97 Å². The standard InChI is InChI=1S/C20H23ClN2O3S/c21-16-6-14(1-2-15(16)18(25)26)22-19(27)23-17(24)10-20-7-11-3-12(8-20)5-13(4-11)9-20/h1-2,6,11-13H,3-5,7-10H2,(H,25,26)(H2,22,23,24,27). The molecular weight excluding hydrogens is 384 g/mol. The van der Waals surface area contributed by atoms with Gasteiger partial charge < -0.3 is 15.7 Å². The number of nitrogens with one attached hydrogen (secondary N) is 2. The number of anilines is 1. The smallest absolute Gasteiger partial charge is 0.337 e. The molecule has 1 aromatic rings. The van der Waals surface area contributed by atoms with Crippen LogP contribution in [0.15, 0.2) is 18.2 Å². The zero-order valence-electron chi connectivity index (χ0n) is 15.0. The maximum atomic E-state index is 12.6. The van der Waals surface area contributed by atoms with Crippen LogP contribution in [0.4, 0.5) is 5.69 Å². The van der Waals surface area contributed by atoms with Gasteiger partial charge in [-0.2, -0.15) is 0 Å². The van der Waals surface area contributed by atoms with E-state index in [1.165, 1.54) is 50.7 Å². The van der Waals surface area contributed by atoms with Gasteiger partial charge in [-0.1, -0.05) is 11.6 Å². The summed E-state index contributed by atoms with van der Waals surface area (Å²) in [6, 6.07) is 4.47. The van der Waals surface area contributed by atoms with Crippen LogP contribution in [0.5, 0.6) is 0 Å². The molecular formula is C20H23ClN2O3S. The van der Waals surface area contributed by atoms with Crippen molar-refractivity contribution in [2.75, 3.05) is 5.32 Å². The summed E-state index contributed by atoms with van der Waals surface area (Å²) in [5.74, 6) is 1.30. The van der Waals surface area contributed by atoms with E-state index in [9.17, 15) is 9.59 Å². The van der Waals surface area contributed by atoms with Crippen LogP contribution in [0, 0.1) is 23.2 Å². The van der Waals surface area contributed by atoms with Gasteiger partial charge in [0.05, 0.1) is 10.6 Å². The summed E-state index contributed by atoms with van der Waals surface area (Å²) in [6.45, 7) is 0. The fraction of sp³-hybridized carbons (Fsp3) is 0.550. The summed E-state index contributed by atoms with van der Waals surface area (Å²) in [7, 11) is 0. The molecule has 5 rings (SSSR count). The molecule has 4 bridgehead atoms. The van der Waals surface area contributed by atoms with Crippen LogP contribution < -0.4 is 10.6 Å². The SMILES string of the molecule is O=C(CC12CC3CC(CC(C3)C1)C2)NC(=S)Nc1ccc(C(=O)O)c(Cl)c1. The lowest BCUT2D eigenvalue weighted by Crippen LogP contribution is -2.48. The first-order chi connectivity index (χ1) is 12.8. The minimum Gasteiger partial charge on any atom is -0.478 e. The molecule has 144 valence electrons. The number of carbonyl (C=O) groups excluding carboxylic acids is 1. The minimum absolute atomic E-state index is 0.0268. The molecule has 0 aromatic heterocycles. The summed E-state index contributed by atoms with van der Waals surface area (Å²) in [5.41, 5.74) is 0.741. The number of carboxylic acids is 1. The van der Waals surface area contributed by atoms with Gasteiger partial charge in [0.25, 0.3) is 0 Å². The fourth-order valence-electron chi connectivity index (χ4n) is 5.95. The number of rotatable bonds is 4. The summed E-state index contributed by atoms with van der Waals surface area (Å²) in [4.78, 5) is 23.6. The van der Waals surface area contributed by atoms with Crippen LogP contribution in [0.25, 0.3) is 0 Å². The van der Waals surface area contributed by atoms with Gasteiger partial charge in [0, 0.05) is 12.1 Å². The van der Waals surface area contributed by atoms with Gasteiger partial charge in [0.1, 0.15) is 0 Å². The lowest BCUT2D eigenvalue weighted by Gasteiger charge is -2.56. The number of carbonyl (C=O) groups is 2. The summed E-state index contributed by atoms with van der Waals surface area (Å²) < 4.78 is 0. The average Bonchev–Trinajstić information content (AvgIpc) is 2.52. The third-order valence-electron chi connectivity index (χ3n) is 6.41. The molecule has 0 radical (unpaired) electrons. The van der Waals surface area contributed by atoms with Crippen LogP contribution in [-0.2, 0) is 4.79 Å². The van der Waals surface area contributed by atoms with E-state index in [-0.39, 0.29) is 27.0 Å². The molecule has 3 N–H and O–H groups in total. The van der Waals surface area contributed by atoms with Crippen LogP contribution in [0.1, 0.15) is 55.3 Å². The second kappa shape index (κ2) is 7.06. The Balaban J connectivity index is 1.34. The molecule has 0 atom stereocenters. The van der Waals surface area contributed by atoms with Crippen molar-refractivity contribution in [3.8, 4) is 0 Å². The molecule has 0 saturated heterocycles. The van der Waals surface area contributed by atoms with E-state index in [2.05, 4.69) is 10.6 Å². The van der Waals surface area contributed by atoms with E-state index in [1.807, 2.05) is 0 Å². The number of hydrogen-bond acceptors (Lipinski definition) is 3. The van der Waals surface area contributed by atoms with Crippen molar-refractivity contribution in [2.24, 2.45) is 23.2 Å². The minimum atomic E-state index is -1.09. The van der Waals surface area contributed by atoms with Crippen molar-refractivity contribution in [1.82, 2.24) is 5.32 Å². The van der Waals surface area contributed by atoms with Crippen LogP contribution in [-0.4, -0.2) is 22.1 Å². The first-order valence-electron chi connectivity index (χ1n) is 9.45. The fourth-order valence-corrected chi connectivity index (χ4v) is 6.44. The average molecular weight is 407 g/mol. The Morgan fingerprint density at radius 1 is 1.15 bits per heavy atom. The molecule has 0 aliphatic heterocycles. The Kier molecular flexibility index (Phi) is 4.89. The molecule has 4 saturated carbocycles. The predicted octanol–water partition coefficient (Wildman–Crippen LogP) is 4.46. The van der Waals surface area contributed by atoms with E-state index in [0.717, 1.165) is 17.8 Å². The maximum absolute atomic E-state index is 12.6. The molecule has 27 heavy (non-hydrogen) atoms. The molecule has 4 aliphatic carbocycles. The molecule has 1 aromatic carbocycles. The van der Waals surface area contributed by atoms with Gasteiger partial charge in [0.15, 0.2) is 5.11 Å². The van der Waals surface area contributed by atoms with Crippen molar-refractivity contribution in [2.45, 2.75) is 44.9 Å². The molecule has 0 unspecified atom stereocenters. The topological polar surface area (TPSA) is 78.4 Å². The van der Waals surface area contributed by atoms with Gasteiger partial charge in [-0.05, 0) is 92.1 Å². The highest BCUT2D eigenvalue weighted by atomic mass is 35.5. The van der Waals surface area contributed by atoms with Crippen molar-refractivity contribution in [3.63, 3.8) is 0 Å². The van der Waals surface area contributed by atoms with E-state index in [4.69, 9.17) is 28.9 Å². The Morgan fingerprint density at radius 2 is 1.74 bits per heavy atom. The van der Waals surface area contributed by atoms with Crippen LogP contribution in [0.3, 0.4) is 0 Å².